The molecule has 1 aromatic rings. The summed E-state index contributed by atoms with van der Waals surface area (Å²) < 4.78 is 1.77. The molecule has 1 rings (SSSR count). The highest BCUT2D eigenvalue weighted by Gasteiger charge is 2.13. The highest BCUT2D eigenvalue weighted by molar-refractivity contribution is 5.76. The largest absolute Gasteiger partial charge is 0.356 e. The number of aryl methyl sites for hydroxylation is 1. The van der Waals surface area contributed by atoms with E-state index in [0.29, 0.717) is 25.4 Å². The Bertz CT molecular complexity index is 387. The van der Waals surface area contributed by atoms with Crippen LogP contribution in [0.4, 0.5) is 0 Å². The lowest BCUT2D eigenvalue weighted by molar-refractivity contribution is -0.122. The zero-order valence-corrected chi connectivity index (χ0v) is 12.2. The first kappa shape index (κ1) is 15.7. The topological polar surface area (TPSA) is 72.9 Å². The molecule has 0 unspecified atom stereocenters. The average Bonchev–Trinajstić information content (AvgIpc) is 2.73. The molecule has 0 aliphatic carbocycles. The molecule has 0 fully saturated rings. The number of rotatable bonds is 8. The van der Waals surface area contributed by atoms with E-state index in [2.05, 4.69) is 24.3 Å². The summed E-state index contributed by atoms with van der Waals surface area (Å²) in [5.41, 5.74) is 6.70. The van der Waals surface area contributed by atoms with Gasteiger partial charge in [0.05, 0.1) is 5.69 Å². The number of carbonyl (C=O) groups excluding carboxylic acids is 1. The Hall–Kier alpha value is -1.36. The molecule has 0 aliphatic heterocycles. The SMILES string of the molecule is CC(C)C[C@H](CN)CC(=O)NCCc1ccn(C)n1. The lowest BCUT2D eigenvalue weighted by Gasteiger charge is -2.16. The number of aromatic nitrogens is 2. The molecule has 0 saturated carbocycles. The van der Waals surface area contributed by atoms with Crippen molar-refractivity contribution in [2.75, 3.05) is 13.1 Å². The first-order valence-electron chi connectivity index (χ1n) is 6.96. The third kappa shape index (κ3) is 6.38. The molecule has 19 heavy (non-hydrogen) atoms. The maximum absolute atomic E-state index is 11.8. The first-order valence-corrected chi connectivity index (χ1v) is 6.96. The summed E-state index contributed by atoms with van der Waals surface area (Å²) in [6.45, 7) is 5.52. The van der Waals surface area contributed by atoms with Gasteiger partial charge >= 0.3 is 0 Å². The maximum Gasteiger partial charge on any atom is 0.220 e. The van der Waals surface area contributed by atoms with E-state index in [0.717, 1.165) is 18.5 Å². The van der Waals surface area contributed by atoms with Crippen LogP contribution < -0.4 is 11.1 Å². The number of carbonyl (C=O) groups is 1. The number of nitrogens with one attached hydrogen (secondary N) is 1. The maximum atomic E-state index is 11.8. The van der Waals surface area contributed by atoms with Crippen LogP contribution in [-0.4, -0.2) is 28.8 Å². The minimum atomic E-state index is 0.0898. The molecule has 1 amide bonds. The summed E-state index contributed by atoms with van der Waals surface area (Å²) >= 11 is 0. The number of hydrogen-bond acceptors (Lipinski definition) is 3. The molecule has 0 aromatic carbocycles. The van der Waals surface area contributed by atoms with Crippen LogP contribution >= 0.6 is 0 Å². The highest BCUT2D eigenvalue weighted by atomic mass is 16.1. The Morgan fingerprint density at radius 2 is 2.26 bits per heavy atom. The molecule has 1 aromatic heterocycles. The molecule has 1 heterocycles. The molecule has 1 atom stereocenters. The Morgan fingerprint density at radius 1 is 1.53 bits per heavy atom. The Balaban J connectivity index is 2.23. The summed E-state index contributed by atoms with van der Waals surface area (Å²) in [4.78, 5) is 11.8. The first-order chi connectivity index (χ1) is 9.01. The van der Waals surface area contributed by atoms with Crippen molar-refractivity contribution in [3.63, 3.8) is 0 Å². The summed E-state index contributed by atoms with van der Waals surface area (Å²) in [5.74, 6) is 0.955. The summed E-state index contributed by atoms with van der Waals surface area (Å²) in [6.07, 6.45) is 4.20. The van der Waals surface area contributed by atoms with E-state index in [-0.39, 0.29) is 11.8 Å². The minimum absolute atomic E-state index is 0.0898. The normalized spacial score (nSPS) is 12.7. The zero-order valence-electron chi connectivity index (χ0n) is 12.2. The van der Waals surface area contributed by atoms with Crippen LogP contribution in [0.15, 0.2) is 12.3 Å². The van der Waals surface area contributed by atoms with Crippen LogP contribution in [0.2, 0.25) is 0 Å². The van der Waals surface area contributed by atoms with E-state index < -0.39 is 0 Å². The van der Waals surface area contributed by atoms with Gasteiger partial charge < -0.3 is 11.1 Å². The standard InChI is InChI=1S/C14H26N4O/c1-11(2)8-12(10-15)9-14(19)16-6-4-13-5-7-18(3)17-13/h5,7,11-12H,4,6,8-10,15H2,1-3H3,(H,16,19)/t12-/m0/s1. The van der Waals surface area contributed by atoms with Crippen molar-refractivity contribution in [1.29, 1.82) is 0 Å². The van der Waals surface area contributed by atoms with Gasteiger partial charge in [-0.2, -0.15) is 5.10 Å². The second-order valence-electron chi connectivity index (χ2n) is 5.52. The third-order valence-electron chi connectivity index (χ3n) is 3.08. The second-order valence-corrected chi connectivity index (χ2v) is 5.52. The number of nitrogens with two attached hydrogens (primary N) is 1. The third-order valence-corrected chi connectivity index (χ3v) is 3.08. The van der Waals surface area contributed by atoms with Gasteiger partial charge in [-0.05, 0) is 30.9 Å². The van der Waals surface area contributed by atoms with Gasteiger partial charge in [0.25, 0.3) is 0 Å². The lowest BCUT2D eigenvalue weighted by Crippen LogP contribution is -2.30. The van der Waals surface area contributed by atoms with Crippen molar-refractivity contribution in [2.24, 2.45) is 24.6 Å². The molecule has 5 nitrogen and oxygen atoms in total. The summed E-state index contributed by atoms with van der Waals surface area (Å²) in [7, 11) is 1.89. The quantitative estimate of drug-likeness (QED) is 0.740. The Morgan fingerprint density at radius 3 is 2.79 bits per heavy atom. The van der Waals surface area contributed by atoms with Gasteiger partial charge in [-0.25, -0.2) is 0 Å². The number of amides is 1. The van der Waals surface area contributed by atoms with E-state index in [1.807, 2.05) is 19.3 Å². The second kappa shape index (κ2) is 7.94. The molecule has 0 aliphatic rings. The van der Waals surface area contributed by atoms with E-state index >= 15 is 0 Å². The summed E-state index contributed by atoms with van der Waals surface area (Å²) in [6, 6.07) is 1.97. The fourth-order valence-electron chi connectivity index (χ4n) is 2.19. The van der Waals surface area contributed by atoms with Gasteiger partial charge in [0.15, 0.2) is 0 Å². The predicted molar refractivity (Wildman–Crippen MR) is 76.5 cm³/mol. The lowest BCUT2D eigenvalue weighted by atomic mass is 9.94. The van der Waals surface area contributed by atoms with Crippen molar-refractivity contribution in [3.05, 3.63) is 18.0 Å². The molecule has 108 valence electrons. The van der Waals surface area contributed by atoms with Crippen molar-refractivity contribution in [3.8, 4) is 0 Å². The molecule has 5 heteroatoms. The van der Waals surface area contributed by atoms with Crippen LogP contribution in [0.1, 0.15) is 32.4 Å². The molecule has 0 radical (unpaired) electrons. The van der Waals surface area contributed by atoms with Crippen LogP contribution in [0.5, 0.6) is 0 Å². The molecule has 0 spiro atoms. The number of nitrogens with zero attached hydrogens (tertiary/aromatic N) is 2. The average molecular weight is 266 g/mol. The fourth-order valence-corrected chi connectivity index (χ4v) is 2.19. The van der Waals surface area contributed by atoms with Crippen molar-refractivity contribution >= 4 is 5.91 Å². The van der Waals surface area contributed by atoms with Gasteiger partial charge in [0, 0.05) is 32.6 Å². The van der Waals surface area contributed by atoms with Gasteiger partial charge in [-0.3, -0.25) is 9.48 Å². The minimum Gasteiger partial charge on any atom is -0.356 e. The number of hydrogen-bond donors (Lipinski definition) is 2. The molecular formula is C14H26N4O. The Kier molecular flexibility index (Phi) is 6.56. The van der Waals surface area contributed by atoms with Crippen molar-refractivity contribution in [2.45, 2.75) is 33.1 Å². The smallest absolute Gasteiger partial charge is 0.220 e. The monoisotopic (exact) mass is 266 g/mol. The van der Waals surface area contributed by atoms with Crippen LogP contribution in [0.25, 0.3) is 0 Å². The van der Waals surface area contributed by atoms with E-state index in [1.54, 1.807) is 4.68 Å². The van der Waals surface area contributed by atoms with Gasteiger partial charge in [-0.15, -0.1) is 0 Å². The predicted octanol–water partition coefficient (Wildman–Crippen LogP) is 1.09. The van der Waals surface area contributed by atoms with Crippen molar-refractivity contribution < 1.29 is 4.79 Å². The molecule has 0 bridgehead atoms. The Labute approximate surface area is 115 Å². The van der Waals surface area contributed by atoms with Crippen LogP contribution in [-0.2, 0) is 18.3 Å². The molecule has 0 saturated heterocycles. The fraction of sp³-hybridized carbons (Fsp3) is 0.714. The highest BCUT2D eigenvalue weighted by Crippen LogP contribution is 2.13. The van der Waals surface area contributed by atoms with E-state index in [1.165, 1.54) is 0 Å². The van der Waals surface area contributed by atoms with Crippen molar-refractivity contribution in [1.82, 2.24) is 15.1 Å². The van der Waals surface area contributed by atoms with Crippen LogP contribution in [0, 0.1) is 11.8 Å². The molecule has 3 N–H and O–H groups in total. The zero-order chi connectivity index (χ0) is 14.3. The van der Waals surface area contributed by atoms with Crippen LogP contribution in [0.3, 0.4) is 0 Å². The van der Waals surface area contributed by atoms with E-state index in [9.17, 15) is 4.79 Å². The van der Waals surface area contributed by atoms with Gasteiger partial charge in [-0.1, -0.05) is 13.8 Å². The molecular weight excluding hydrogens is 240 g/mol. The van der Waals surface area contributed by atoms with Gasteiger partial charge in [0.2, 0.25) is 5.91 Å². The van der Waals surface area contributed by atoms with E-state index in [4.69, 9.17) is 5.73 Å². The van der Waals surface area contributed by atoms with Gasteiger partial charge in [0.1, 0.15) is 0 Å². The summed E-state index contributed by atoms with van der Waals surface area (Å²) in [5, 5.41) is 7.20.